The molecule has 2 aliphatic carbocycles. The maximum absolute atomic E-state index is 13.8. The topological polar surface area (TPSA) is 113 Å². The second-order valence-electron chi connectivity index (χ2n) is 13.3. The van der Waals surface area contributed by atoms with Crippen molar-refractivity contribution in [3.05, 3.63) is 96.1 Å². The van der Waals surface area contributed by atoms with E-state index >= 15 is 0 Å². The lowest BCUT2D eigenvalue weighted by atomic mass is 9.93. The van der Waals surface area contributed by atoms with E-state index < -0.39 is 5.60 Å². The Bertz CT molecular complexity index is 1970. The highest BCUT2D eigenvalue weighted by Crippen LogP contribution is 2.42. The zero-order chi connectivity index (χ0) is 32.0. The van der Waals surface area contributed by atoms with Crippen LogP contribution in [0.15, 0.2) is 79.3 Å². The van der Waals surface area contributed by atoms with Gasteiger partial charge in [0.25, 0.3) is 5.91 Å². The monoisotopic (exact) mass is 626 g/mol. The van der Waals surface area contributed by atoms with E-state index in [0.717, 1.165) is 51.8 Å². The lowest BCUT2D eigenvalue weighted by Crippen LogP contribution is -2.43. The van der Waals surface area contributed by atoms with E-state index in [2.05, 4.69) is 55.8 Å². The first-order chi connectivity index (χ1) is 23.0. The number of carbonyl (C=O) groups is 2. The second kappa shape index (κ2) is 12.0. The summed E-state index contributed by atoms with van der Waals surface area (Å²) in [5.74, 6) is 0.603. The molecule has 2 fully saturated rings. The molecule has 2 aromatic carbocycles. The Balaban J connectivity index is 0.917. The molecule has 4 heterocycles. The quantitative estimate of drug-likeness (QED) is 0.199. The highest BCUT2D eigenvalue weighted by Gasteiger charge is 2.46. The summed E-state index contributed by atoms with van der Waals surface area (Å²) in [6.07, 6.45) is 11.0. The highest BCUT2D eigenvalue weighted by atomic mass is 16.5. The molecule has 8 rings (SSSR count). The largest absolute Gasteiger partial charge is 0.368 e. The first kappa shape index (κ1) is 29.5. The van der Waals surface area contributed by atoms with Crippen molar-refractivity contribution in [2.24, 2.45) is 5.92 Å². The number of ether oxygens (including phenoxy) is 1. The number of methoxy groups -OCH3 is 1. The number of aromatic nitrogens is 4. The van der Waals surface area contributed by atoms with Crippen LogP contribution in [0.2, 0.25) is 0 Å². The summed E-state index contributed by atoms with van der Waals surface area (Å²) in [6.45, 7) is 1.31. The number of carbonyl (C=O) groups excluding carboxylic acids is 2. The van der Waals surface area contributed by atoms with Crippen molar-refractivity contribution in [2.45, 2.75) is 63.0 Å². The van der Waals surface area contributed by atoms with E-state index in [4.69, 9.17) is 4.74 Å². The summed E-state index contributed by atoms with van der Waals surface area (Å²) >= 11 is 0. The van der Waals surface area contributed by atoms with Crippen LogP contribution in [-0.2, 0) is 27.3 Å². The molecular formula is C38H38N6O3. The molecule has 5 aromatic rings. The van der Waals surface area contributed by atoms with Gasteiger partial charge >= 0.3 is 0 Å². The van der Waals surface area contributed by atoms with Crippen molar-refractivity contribution in [3.63, 3.8) is 0 Å². The van der Waals surface area contributed by atoms with Gasteiger partial charge in [0.05, 0.1) is 5.52 Å². The number of rotatable bonds is 8. The molecule has 2 N–H and O–H groups in total. The van der Waals surface area contributed by atoms with Crippen LogP contribution in [0.3, 0.4) is 0 Å². The Morgan fingerprint density at radius 2 is 1.91 bits per heavy atom. The molecular weight excluding hydrogens is 588 g/mol. The van der Waals surface area contributed by atoms with Crippen LogP contribution in [0.25, 0.3) is 33.3 Å². The van der Waals surface area contributed by atoms with Gasteiger partial charge in [0.2, 0.25) is 5.91 Å². The van der Waals surface area contributed by atoms with Crippen molar-refractivity contribution in [2.75, 3.05) is 19.0 Å². The molecule has 47 heavy (non-hydrogen) atoms. The number of anilines is 1. The minimum Gasteiger partial charge on any atom is -0.368 e. The Morgan fingerprint density at radius 1 is 1.00 bits per heavy atom. The van der Waals surface area contributed by atoms with Gasteiger partial charge in [-0.1, -0.05) is 24.3 Å². The number of aromatic amines is 1. The van der Waals surface area contributed by atoms with E-state index in [-0.39, 0.29) is 17.7 Å². The van der Waals surface area contributed by atoms with E-state index in [0.29, 0.717) is 44.0 Å². The third-order valence-corrected chi connectivity index (χ3v) is 10.3. The van der Waals surface area contributed by atoms with Crippen LogP contribution < -0.4 is 5.32 Å². The SMILES string of the molecule is CO[C@@]1(C(=O)Nc2ccc3[nH]nc(-c4ccnc(C5CC5)c4)c3c2)CCC(CC(=O)N2CCc3cc(-c4cccnc4)ccc3C2)C1. The highest BCUT2D eigenvalue weighted by molar-refractivity contribution is 6.01. The van der Waals surface area contributed by atoms with Crippen molar-refractivity contribution < 1.29 is 14.3 Å². The normalized spacial score (nSPS) is 20.7. The number of hydrogen-bond donors (Lipinski definition) is 2. The van der Waals surface area contributed by atoms with Gasteiger partial charge in [-0.3, -0.25) is 24.7 Å². The summed E-state index contributed by atoms with van der Waals surface area (Å²) in [5, 5.41) is 11.8. The van der Waals surface area contributed by atoms with Gasteiger partial charge < -0.3 is 15.0 Å². The number of pyridine rings is 2. The van der Waals surface area contributed by atoms with Crippen LogP contribution in [0.4, 0.5) is 5.69 Å². The van der Waals surface area contributed by atoms with E-state index in [1.807, 2.05) is 47.6 Å². The van der Waals surface area contributed by atoms with Crippen molar-refractivity contribution in [1.29, 1.82) is 0 Å². The molecule has 9 heteroatoms. The third-order valence-electron chi connectivity index (χ3n) is 10.3. The number of fused-ring (bicyclic) bond motifs is 2. The molecule has 2 amide bonds. The van der Waals surface area contributed by atoms with Crippen molar-refractivity contribution in [1.82, 2.24) is 25.1 Å². The summed E-state index contributed by atoms with van der Waals surface area (Å²) in [4.78, 5) is 38.0. The van der Waals surface area contributed by atoms with Crippen LogP contribution in [0, 0.1) is 5.92 Å². The number of amides is 2. The molecule has 1 aliphatic heterocycles. The minimum atomic E-state index is -0.972. The molecule has 0 spiro atoms. The van der Waals surface area contributed by atoms with Crippen molar-refractivity contribution >= 4 is 28.4 Å². The fourth-order valence-corrected chi connectivity index (χ4v) is 7.38. The lowest BCUT2D eigenvalue weighted by Gasteiger charge is -2.30. The molecule has 2 saturated carbocycles. The van der Waals surface area contributed by atoms with Crippen LogP contribution in [-0.4, -0.2) is 56.1 Å². The average molecular weight is 627 g/mol. The second-order valence-corrected chi connectivity index (χ2v) is 13.3. The molecule has 3 aromatic heterocycles. The number of benzene rings is 2. The Kier molecular flexibility index (Phi) is 7.56. The Hall–Kier alpha value is -4.89. The number of hydrogen-bond acceptors (Lipinski definition) is 6. The summed E-state index contributed by atoms with van der Waals surface area (Å²) < 4.78 is 5.92. The first-order valence-corrected chi connectivity index (χ1v) is 16.6. The molecule has 238 valence electrons. The molecule has 0 saturated heterocycles. The van der Waals surface area contributed by atoms with Gasteiger partial charge in [-0.25, -0.2) is 0 Å². The van der Waals surface area contributed by atoms with Gasteiger partial charge in [-0.05, 0) is 103 Å². The van der Waals surface area contributed by atoms with Gasteiger partial charge in [0.1, 0.15) is 11.3 Å². The molecule has 1 unspecified atom stereocenters. The summed E-state index contributed by atoms with van der Waals surface area (Å²) in [6, 6.07) is 20.4. The van der Waals surface area contributed by atoms with E-state index in [1.165, 1.54) is 24.0 Å². The maximum Gasteiger partial charge on any atom is 0.256 e. The van der Waals surface area contributed by atoms with Crippen LogP contribution in [0.1, 0.15) is 61.3 Å². The Labute approximate surface area is 273 Å². The number of nitrogens with zero attached hydrogens (tertiary/aromatic N) is 4. The number of H-pyrrole nitrogens is 1. The summed E-state index contributed by atoms with van der Waals surface area (Å²) in [7, 11) is 1.60. The van der Waals surface area contributed by atoms with Crippen LogP contribution >= 0.6 is 0 Å². The predicted octanol–water partition coefficient (Wildman–Crippen LogP) is 6.66. The summed E-state index contributed by atoms with van der Waals surface area (Å²) in [5.41, 5.74) is 8.32. The number of nitrogens with one attached hydrogen (secondary N) is 2. The van der Waals surface area contributed by atoms with E-state index in [9.17, 15) is 9.59 Å². The fourth-order valence-electron chi connectivity index (χ4n) is 7.38. The maximum atomic E-state index is 13.8. The molecule has 3 aliphatic rings. The van der Waals surface area contributed by atoms with Crippen LogP contribution in [0.5, 0.6) is 0 Å². The van der Waals surface area contributed by atoms with Gasteiger partial charge in [-0.15, -0.1) is 0 Å². The average Bonchev–Trinajstić information content (AvgIpc) is 3.75. The zero-order valence-corrected chi connectivity index (χ0v) is 26.5. The smallest absolute Gasteiger partial charge is 0.256 e. The fraction of sp³-hybridized carbons (Fsp3) is 0.342. The first-order valence-electron chi connectivity index (χ1n) is 16.6. The van der Waals surface area contributed by atoms with Gasteiger partial charge in [0, 0.05) is 73.5 Å². The zero-order valence-electron chi connectivity index (χ0n) is 26.5. The van der Waals surface area contributed by atoms with Gasteiger partial charge in [-0.2, -0.15) is 5.10 Å². The molecule has 9 nitrogen and oxygen atoms in total. The van der Waals surface area contributed by atoms with Crippen molar-refractivity contribution in [3.8, 4) is 22.4 Å². The standard InChI is InChI=1S/C38H38N6O3/c1-47-38(37(46)41-31-8-9-33-32(20-31)36(43-42-33)28-11-15-40-34(19-28)25-4-5-25)13-10-24(21-38)17-35(45)44-16-12-27-18-26(6-7-30(27)23-44)29-3-2-14-39-22-29/h2-3,6-9,11,14-15,18-20,22,24-25H,4-5,10,12-13,16-17,21,23H2,1H3,(H,41,46)(H,42,43)/t24?,38-/m0/s1. The molecule has 0 radical (unpaired) electrons. The lowest BCUT2D eigenvalue weighted by molar-refractivity contribution is -0.138. The molecule has 0 bridgehead atoms. The van der Waals surface area contributed by atoms with E-state index in [1.54, 1.807) is 13.3 Å². The van der Waals surface area contributed by atoms with Gasteiger partial charge in [0.15, 0.2) is 0 Å². The molecule has 2 atom stereocenters. The third kappa shape index (κ3) is 5.80. The minimum absolute atomic E-state index is 0.0814. The Morgan fingerprint density at radius 3 is 2.74 bits per heavy atom. The predicted molar refractivity (Wildman–Crippen MR) is 180 cm³/mol.